The third-order valence-electron chi connectivity index (χ3n) is 2.59. The van der Waals surface area contributed by atoms with Gasteiger partial charge in [0.1, 0.15) is 0 Å². The van der Waals surface area contributed by atoms with Crippen LogP contribution in [0.4, 0.5) is 0 Å². The lowest BCUT2D eigenvalue weighted by molar-refractivity contribution is 0.0766. The van der Waals surface area contributed by atoms with Crippen molar-refractivity contribution in [2.75, 3.05) is 26.8 Å². The van der Waals surface area contributed by atoms with Crippen LogP contribution in [0.2, 0.25) is 0 Å². The monoisotopic (exact) mass is 237 g/mol. The molecule has 0 heterocycles. The molecule has 1 aromatic carbocycles. The Morgan fingerprint density at radius 3 is 2.59 bits per heavy atom. The molecule has 17 heavy (non-hydrogen) atoms. The Morgan fingerprint density at radius 1 is 1.24 bits per heavy atom. The Kier molecular flexibility index (Phi) is 6.86. The predicted molar refractivity (Wildman–Crippen MR) is 69.9 cm³/mol. The van der Waals surface area contributed by atoms with Gasteiger partial charge in [0, 0.05) is 19.7 Å². The van der Waals surface area contributed by atoms with Crippen LogP contribution in [0.5, 0.6) is 0 Å². The van der Waals surface area contributed by atoms with Crippen molar-refractivity contribution in [3.63, 3.8) is 0 Å². The van der Waals surface area contributed by atoms with Crippen LogP contribution in [0, 0.1) is 0 Å². The lowest BCUT2D eigenvalue weighted by Crippen LogP contribution is -2.23. The van der Waals surface area contributed by atoms with Crippen molar-refractivity contribution in [1.29, 1.82) is 0 Å². The third-order valence-corrected chi connectivity index (χ3v) is 2.59. The minimum absolute atomic E-state index is 0.267. The van der Waals surface area contributed by atoms with Crippen LogP contribution in [0.3, 0.4) is 0 Å². The second-order valence-electron chi connectivity index (χ2n) is 4.47. The second kappa shape index (κ2) is 8.23. The van der Waals surface area contributed by atoms with Gasteiger partial charge in [0.05, 0.1) is 12.7 Å². The maximum absolute atomic E-state index is 9.07. The average molecular weight is 237 g/mol. The van der Waals surface area contributed by atoms with Gasteiger partial charge in [-0.1, -0.05) is 30.3 Å². The van der Waals surface area contributed by atoms with Crippen molar-refractivity contribution in [2.24, 2.45) is 0 Å². The van der Waals surface area contributed by atoms with Crippen LogP contribution in [0.25, 0.3) is 0 Å². The minimum Gasteiger partial charge on any atom is -0.393 e. The van der Waals surface area contributed by atoms with E-state index in [0.29, 0.717) is 13.0 Å². The SMILES string of the molecule is CC(O)CCOCCN(C)Cc1ccccc1. The minimum atomic E-state index is -0.267. The normalized spacial score (nSPS) is 12.9. The Morgan fingerprint density at radius 2 is 1.94 bits per heavy atom. The number of aliphatic hydroxyl groups is 1. The third kappa shape index (κ3) is 7.10. The van der Waals surface area contributed by atoms with E-state index < -0.39 is 0 Å². The highest BCUT2D eigenvalue weighted by Crippen LogP contribution is 2.02. The standard InChI is InChI=1S/C14H23NO2/c1-13(16)8-10-17-11-9-15(2)12-14-6-4-3-5-7-14/h3-7,13,16H,8-12H2,1-2H3. The first-order valence-corrected chi connectivity index (χ1v) is 6.17. The fourth-order valence-corrected chi connectivity index (χ4v) is 1.55. The van der Waals surface area contributed by atoms with Gasteiger partial charge in [0.2, 0.25) is 0 Å². The molecule has 0 saturated carbocycles. The summed E-state index contributed by atoms with van der Waals surface area (Å²) in [6, 6.07) is 10.4. The van der Waals surface area contributed by atoms with E-state index in [-0.39, 0.29) is 6.10 Å². The molecule has 0 fully saturated rings. The van der Waals surface area contributed by atoms with Crippen LogP contribution < -0.4 is 0 Å². The number of nitrogens with zero attached hydrogens (tertiary/aromatic N) is 1. The Hall–Kier alpha value is -0.900. The van der Waals surface area contributed by atoms with E-state index in [9.17, 15) is 0 Å². The van der Waals surface area contributed by atoms with Crippen molar-refractivity contribution in [3.8, 4) is 0 Å². The van der Waals surface area contributed by atoms with Gasteiger partial charge in [0.15, 0.2) is 0 Å². The molecule has 0 radical (unpaired) electrons. The molecule has 0 amide bonds. The quantitative estimate of drug-likeness (QED) is 0.701. The van der Waals surface area contributed by atoms with Crippen molar-refractivity contribution >= 4 is 0 Å². The number of likely N-dealkylation sites (N-methyl/N-ethyl adjacent to an activating group) is 1. The van der Waals surface area contributed by atoms with Crippen LogP contribution in [0.1, 0.15) is 18.9 Å². The zero-order valence-corrected chi connectivity index (χ0v) is 10.8. The number of rotatable bonds is 8. The molecule has 1 atom stereocenters. The maximum atomic E-state index is 9.07. The number of hydrogen-bond donors (Lipinski definition) is 1. The van der Waals surface area contributed by atoms with E-state index in [1.807, 2.05) is 6.07 Å². The van der Waals surface area contributed by atoms with E-state index in [0.717, 1.165) is 19.7 Å². The molecule has 0 aliphatic heterocycles. The van der Waals surface area contributed by atoms with Gasteiger partial charge >= 0.3 is 0 Å². The van der Waals surface area contributed by atoms with Crippen LogP contribution in [-0.4, -0.2) is 42.9 Å². The summed E-state index contributed by atoms with van der Waals surface area (Å²) in [6.07, 6.45) is 0.444. The summed E-state index contributed by atoms with van der Waals surface area (Å²) in [5, 5.41) is 9.07. The molecule has 1 unspecified atom stereocenters. The van der Waals surface area contributed by atoms with Gasteiger partial charge in [-0.15, -0.1) is 0 Å². The topological polar surface area (TPSA) is 32.7 Å². The summed E-state index contributed by atoms with van der Waals surface area (Å²) in [6.45, 7) is 4.99. The fraction of sp³-hybridized carbons (Fsp3) is 0.571. The molecular weight excluding hydrogens is 214 g/mol. The predicted octanol–water partition coefficient (Wildman–Crippen LogP) is 1.91. The van der Waals surface area contributed by atoms with Crippen molar-refractivity contribution in [1.82, 2.24) is 4.90 Å². The largest absolute Gasteiger partial charge is 0.393 e. The van der Waals surface area contributed by atoms with Crippen LogP contribution in [0.15, 0.2) is 30.3 Å². The molecule has 1 N–H and O–H groups in total. The first-order chi connectivity index (χ1) is 8.18. The average Bonchev–Trinajstić information content (AvgIpc) is 2.29. The molecule has 0 aliphatic carbocycles. The van der Waals surface area contributed by atoms with Crippen molar-refractivity contribution in [3.05, 3.63) is 35.9 Å². The maximum Gasteiger partial charge on any atom is 0.0593 e. The Balaban J connectivity index is 2.07. The van der Waals surface area contributed by atoms with Crippen LogP contribution in [-0.2, 0) is 11.3 Å². The molecule has 0 bridgehead atoms. The molecular formula is C14H23NO2. The summed E-state index contributed by atoms with van der Waals surface area (Å²) in [7, 11) is 2.09. The van der Waals surface area contributed by atoms with E-state index in [1.165, 1.54) is 5.56 Å². The molecule has 0 saturated heterocycles. The van der Waals surface area contributed by atoms with Crippen LogP contribution >= 0.6 is 0 Å². The summed E-state index contributed by atoms with van der Waals surface area (Å²) < 4.78 is 5.45. The van der Waals surface area contributed by atoms with Gasteiger partial charge < -0.3 is 9.84 Å². The summed E-state index contributed by atoms with van der Waals surface area (Å²) in [4.78, 5) is 2.23. The Labute approximate surface area is 104 Å². The molecule has 0 aromatic heterocycles. The van der Waals surface area contributed by atoms with Gasteiger partial charge in [-0.2, -0.15) is 0 Å². The number of hydrogen-bond acceptors (Lipinski definition) is 3. The highest BCUT2D eigenvalue weighted by Gasteiger charge is 2.00. The van der Waals surface area contributed by atoms with Gasteiger partial charge in [-0.05, 0) is 26.0 Å². The molecule has 1 aromatic rings. The number of aliphatic hydroxyl groups excluding tert-OH is 1. The summed E-state index contributed by atoms with van der Waals surface area (Å²) >= 11 is 0. The molecule has 0 spiro atoms. The van der Waals surface area contributed by atoms with E-state index >= 15 is 0 Å². The van der Waals surface area contributed by atoms with Gasteiger partial charge in [-0.25, -0.2) is 0 Å². The smallest absolute Gasteiger partial charge is 0.0593 e. The Bertz CT molecular complexity index is 288. The lowest BCUT2D eigenvalue weighted by Gasteiger charge is -2.16. The summed E-state index contributed by atoms with van der Waals surface area (Å²) in [5.74, 6) is 0. The number of ether oxygens (including phenoxy) is 1. The highest BCUT2D eigenvalue weighted by atomic mass is 16.5. The van der Waals surface area contributed by atoms with Gasteiger partial charge in [0.25, 0.3) is 0 Å². The highest BCUT2D eigenvalue weighted by molar-refractivity contribution is 5.14. The lowest BCUT2D eigenvalue weighted by atomic mass is 10.2. The molecule has 0 aliphatic rings. The second-order valence-corrected chi connectivity index (χ2v) is 4.47. The zero-order valence-electron chi connectivity index (χ0n) is 10.8. The zero-order chi connectivity index (χ0) is 12.5. The number of benzene rings is 1. The van der Waals surface area contributed by atoms with E-state index in [2.05, 4.69) is 36.2 Å². The van der Waals surface area contributed by atoms with Crippen molar-refractivity contribution in [2.45, 2.75) is 26.0 Å². The van der Waals surface area contributed by atoms with E-state index in [1.54, 1.807) is 6.92 Å². The molecule has 3 nitrogen and oxygen atoms in total. The molecule has 1 rings (SSSR count). The fourth-order valence-electron chi connectivity index (χ4n) is 1.55. The summed E-state index contributed by atoms with van der Waals surface area (Å²) in [5.41, 5.74) is 1.32. The first kappa shape index (κ1) is 14.2. The molecule has 3 heteroatoms. The van der Waals surface area contributed by atoms with E-state index in [4.69, 9.17) is 9.84 Å². The van der Waals surface area contributed by atoms with Crippen molar-refractivity contribution < 1.29 is 9.84 Å². The molecule has 96 valence electrons. The van der Waals surface area contributed by atoms with Gasteiger partial charge in [-0.3, -0.25) is 4.90 Å². The first-order valence-electron chi connectivity index (χ1n) is 6.17.